The summed E-state index contributed by atoms with van der Waals surface area (Å²) in [7, 11) is -5.90. The van der Waals surface area contributed by atoms with Crippen LogP contribution in [-0.4, -0.2) is 65.3 Å². The lowest BCUT2D eigenvalue weighted by Gasteiger charge is -2.22. The molecule has 2 aromatic rings. The van der Waals surface area contributed by atoms with E-state index in [4.69, 9.17) is 0 Å². The molecule has 0 atom stereocenters. The minimum absolute atomic E-state index is 0.00919. The minimum Gasteiger partial charge on any atom is -0.334 e. The van der Waals surface area contributed by atoms with Crippen LogP contribution >= 0.6 is 0 Å². The number of rotatable bonds is 7. The van der Waals surface area contributed by atoms with Crippen LogP contribution in [0.4, 0.5) is 9.18 Å². The first kappa shape index (κ1) is 25.1. The zero-order valence-corrected chi connectivity index (χ0v) is 19.8. The van der Waals surface area contributed by atoms with Gasteiger partial charge in [-0.25, -0.2) is 30.7 Å². The molecule has 1 saturated heterocycles. The average molecular weight is 499 g/mol. The van der Waals surface area contributed by atoms with E-state index in [9.17, 15) is 26.0 Å². The first-order valence-corrected chi connectivity index (χ1v) is 13.5. The third-order valence-electron chi connectivity index (χ3n) is 5.40. The van der Waals surface area contributed by atoms with E-state index in [1.807, 2.05) is 0 Å². The molecule has 0 saturated carbocycles. The molecule has 1 aliphatic heterocycles. The smallest absolute Gasteiger partial charge is 0.317 e. The zero-order chi connectivity index (χ0) is 24.1. The van der Waals surface area contributed by atoms with E-state index in [0.29, 0.717) is 24.1 Å². The number of amides is 2. The van der Waals surface area contributed by atoms with Gasteiger partial charge in [-0.2, -0.15) is 4.31 Å². The van der Waals surface area contributed by atoms with Crippen LogP contribution in [0.3, 0.4) is 0 Å². The standard InChI is InChI=1S/C21H27FN4O5S2/c1-23-32(28,29)16-18-6-3-2-5-17(18)15-24-21(27)25-11-4-12-26(14-13-25)33(30,31)20-9-7-19(22)8-10-20/h2-3,5-10,23H,4,11-16H2,1H3,(H,24,27). The Morgan fingerprint density at radius 1 is 0.939 bits per heavy atom. The van der Waals surface area contributed by atoms with Crippen LogP contribution in [0.1, 0.15) is 17.5 Å². The van der Waals surface area contributed by atoms with Crippen molar-refractivity contribution in [2.24, 2.45) is 0 Å². The quantitative estimate of drug-likeness (QED) is 0.600. The number of sulfonamides is 2. The van der Waals surface area contributed by atoms with Gasteiger partial charge in [0.05, 0.1) is 10.6 Å². The summed E-state index contributed by atoms with van der Waals surface area (Å²) in [6.07, 6.45) is 0.449. The number of carbonyl (C=O) groups excluding carboxylic acids is 1. The summed E-state index contributed by atoms with van der Waals surface area (Å²) < 4.78 is 66.2. The maximum absolute atomic E-state index is 13.1. The van der Waals surface area contributed by atoms with Crippen LogP contribution in [0, 0.1) is 5.82 Å². The molecule has 2 amide bonds. The molecule has 0 aromatic heterocycles. The summed E-state index contributed by atoms with van der Waals surface area (Å²) in [4.78, 5) is 14.3. The van der Waals surface area contributed by atoms with E-state index in [0.717, 1.165) is 12.1 Å². The lowest BCUT2D eigenvalue weighted by molar-refractivity contribution is 0.200. The van der Waals surface area contributed by atoms with Crippen molar-refractivity contribution in [2.45, 2.75) is 23.6 Å². The molecule has 0 bridgehead atoms. The van der Waals surface area contributed by atoms with Gasteiger partial charge in [-0.1, -0.05) is 24.3 Å². The maximum atomic E-state index is 13.1. The SMILES string of the molecule is CNS(=O)(=O)Cc1ccccc1CNC(=O)N1CCCN(S(=O)(=O)c2ccc(F)cc2)CC1. The molecule has 180 valence electrons. The van der Waals surface area contributed by atoms with Crippen LogP contribution in [0.2, 0.25) is 0 Å². The number of benzene rings is 2. The monoisotopic (exact) mass is 498 g/mol. The second-order valence-electron chi connectivity index (χ2n) is 7.59. The molecular formula is C21H27FN4O5S2. The molecule has 3 rings (SSSR count). The predicted molar refractivity (Wildman–Crippen MR) is 122 cm³/mol. The van der Waals surface area contributed by atoms with Gasteiger partial charge >= 0.3 is 6.03 Å². The van der Waals surface area contributed by atoms with Crippen molar-refractivity contribution in [3.8, 4) is 0 Å². The number of carbonyl (C=O) groups is 1. The summed E-state index contributed by atoms with van der Waals surface area (Å²) in [6, 6.07) is 11.2. The Balaban J connectivity index is 1.61. The van der Waals surface area contributed by atoms with Crippen LogP contribution in [0.5, 0.6) is 0 Å². The Morgan fingerprint density at radius 2 is 1.61 bits per heavy atom. The fraction of sp³-hybridized carbons (Fsp3) is 0.381. The van der Waals surface area contributed by atoms with Crippen molar-refractivity contribution >= 4 is 26.1 Å². The van der Waals surface area contributed by atoms with E-state index in [-0.39, 0.29) is 42.9 Å². The average Bonchev–Trinajstić information content (AvgIpc) is 3.05. The van der Waals surface area contributed by atoms with Crippen molar-refractivity contribution in [2.75, 3.05) is 33.2 Å². The highest BCUT2D eigenvalue weighted by Crippen LogP contribution is 2.18. The third-order valence-corrected chi connectivity index (χ3v) is 8.62. The van der Waals surface area contributed by atoms with E-state index in [1.165, 1.54) is 28.4 Å². The predicted octanol–water partition coefficient (Wildman–Crippen LogP) is 1.48. The van der Waals surface area contributed by atoms with Gasteiger partial charge in [0.25, 0.3) is 0 Å². The van der Waals surface area contributed by atoms with Gasteiger partial charge in [0.1, 0.15) is 5.82 Å². The van der Waals surface area contributed by atoms with Gasteiger partial charge in [0.2, 0.25) is 20.0 Å². The Hall–Kier alpha value is -2.54. The third kappa shape index (κ3) is 6.50. The normalized spacial score (nSPS) is 15.8. The van der Waals surface area contributed by atoms with Crippen molar-refractivity contribution in [3.63, 3.8) is 0 Å². The molecule has 12 heteroatoms. The highest BCUT2D eigenvalue weighted by atomic mass is 32.2. The molecule has 1 aliphatic rings. The lowest BCUT2D eigenvalue weighted by atomic mass is 10.1. The molecule has 9 nitrogen and oxygen atoms in total. The van der Waals surface area contributed by atoms with Crippen LogP contribution in [-0.2, 0) is 32.3 Å². The fourth-order valence-electron chi connectivity index (χ4n) is 3.52. The van der Waals surface area contributed by atoms with Gasteiger partial charge in [-0.3, -0.25) is 0 Å². The Morgan fingerprint density at radius 3 is 2.27 bits per heavy atom. The summed E-state index contributed by atoms with van der Waals surface area (Å²) in [5, 5.41) is 2.79. The largest absolute Gasteiger partial charge is 0.334 e. The van der Waals surface area contributed by atoms with Crippen molar-refractivity contribution in [3.05, 3.63) is 65.5 Å². The summed E-state index contributed by atoms with van der Waals surface area (Å²) in [6.45, 7) is 1.07. The molecule has 0 radical (unpaired) electrons. The molecule has 0 spiro atoms. The Labute approximate surface area is 193 Å². The van der Waals surface area contributed by atoms with Gasteiger partial charge < -0.3 is 10.2 Å². The zero-order valence-electron chi connectivity index (χ0n) is 18.2. The number of hydrogen-bond donors (Lipinski definition) is 2. The fourth-order valence-corrected chi connectivity index (χ4v) is 5.83. The van der Waals surface area contributed by atoms with Crippen LogP contribution in [0.25, 0.3) is 0 Å². The molecular weight excluding hydrogens is 471 g/mol. The van der Waals surface area contributed by atoms with Crippen molar-refractivity contribution in [1.82, 2.24) is 19.2 Å². The van der Waals surface area contributed by atoms with Gasteiger partial charge in [0.15, 0.2) is 0 Å². The number of hydrogen-bond acceptors (Lipinski definition) is 5. The summed E-state index contributed by atoms with van der Waals surface area (Å²) in [5.41, 5.74) is 1.26. The number of urea groups is 1. The van der Waals surface area contributed by atoms with Crippen LogP contribution in [0.15, 0.2) is 53.4 Å². The summed E-state index contributed by atoms with van der Waals surface area (Å²) in [5.74, 6) is -0.715. The van der Waals surface area contributed by atoms with Gasteiger partial charge in [-0.15, -0.1) is 0 Å². The highest BCUT2D eigenvalue weighted by Gasteiger charge is 2.28. The second kappa shape index (κ2) is 10.6. The molecule has 1 heterocycles. The molecule has 2 aromatic carbocycles. The first-order valence-electron chi connectivity index (χ1n) is 10.4. The van der Waals surface area contributed by atoms with Crippen molar-refractivity contribution in [1.29, 1.82) is 0 Å². The van der Waals surface area contributed by atoms with E-state index < -0.39 is 25.9 Å². The highest BCUT2D eigenvalue weighted by molar-refractivity contribution is 7.89. The number of halogens is 1. The van der Waals surface area contributed by atoms with Gasteiger partial charge in [-0.05, 0) is 48.9 Å². The number of nitrogens with one attached hydrogen (secondary N) is 2. The topological polar surface area (TPSA) is 116 Å². The molecule has 0 aliphatic carbocycles. The van der Waals surface area contributed by atoms with Gasteiger partial charge in [0, 0.05) is 32.7 Å². The number of nitrogens with zero attached hydrogens (tertiary/aromatic N) is 2. The van der Waals surface area contributed by atoms with E-state index in [2.05, 4.69) is 10.0 Å². The molecule has 0 unspecified atom stereocenters. The molecule has 33 heavy (non-hydrogen) atoms. The Bertz CT molecular complexity index is 1190. The van der Waals surface area contributed by atoms with E-state index in [1.54, 1.807) is 24.3 Å². The Kier molecular flexibility index (Phi) is 8.05. The first-order chi connectivity index (χ1) is 15.6. The van der Waals surface area contributed by atoms with Crippen LogP contribution < -0.4 is 10.0 Å². The van der Waals surface area contributed by atoms with Crippen molar-refractivity contribution < 1.29 is 26.0 Å². The van der Waals surface area contributed by atoms with E-state index >= 15 is 0 Å². The lowest BCUT2D eigenvalue weighted by Crippen LogP contribution is -2.42. The molecule has 1 fully saturated rings. The minimum atomic E-state index is -3.79. The second-order valence-corrected chi connectivity index (χ2v) is 11.5. The summed E-state index contributed by atoms with van der Waals surface area (Å²) >= 11 is 0. The maximum Gasteiger partial charge on any atom is 0.317 e. The molecule has 2 N–H and O–H groups in total.